The van der Waals surface area contributed by atoms with Crippen LogP contribution in [0.15, 0.2) is 24.3 Å². The molecule has 0 saturated carbocycles. The Hall–Kier alpha value is -1.66. The summed E-state index contributed by atoms with van der Waals surface area (Å²) in [5, 5.41) is 23.2. The number of aliphatic hydroxyl groups excluding tert-OH is 2. The molecule has 0 saturated heterocycles. The van der Waals surface area contributed by atoms with Gasteiger partial charge in [0.15, 0.2) is 0 Å². The predicted molar refractivity (Wildman–Crippen MR) is 301 cm³/mol. The highest BCUT2D eigenvalue weighted by Crippen LogP contribution is 2.18. The SMILES string of the molecule is CCCCCCC/C=C\CCCCCCCC(=O)OCCCCCCCCCCCCCCCCCCCC(=O)NC(CO)C(O)/C=C/CCCCCCCCCCCCCCCCCCCCC. The summed E-state index contributed by atoms with van der Waals surface area (Å²) in [4.78, 5) is 24.5. The lowest BCUT2D eigenvalue weighted by Crippen LogP contribution is -2.45. The van der Waals surface area contributed by atoms with Gasteiger partial charge in [0, 0.05) is 12.8 Å². The van der Waals surface area contributed by atoms with Crippen molar-refractivity contribution in [3.05, 3.63) is 24.3 Å². The molecule has 0 bridgehead atoms. The Morgan fingerprint density at radius 3 is 1.03 bits per heavy atom. The van der Waals surface area contributed by atoms with E-state index in [-0.39, 0.29) is 18.5 Å². The van der Waals surface area contributed by atoms with Gasteiger partial charge < -0.3 is 20.3 Å². The van der Waals surface area contributed by atoms with E-state index in [0.717, 1.165) is 44.9 Å². The lowest BCUT2D eigenvalue weighted by atomic mass is 10.0. The molecule has 0 spiro atoms. The highest BCUT2D eigenvalue weighted by molar-refractivity contribution is 5.76. The Kier molecular flexibility index (Phi) is 57.5. The van der Waals surface area contributed by atoms with Crippen LogP contribution in [0.4, 0.5) is 0 Å². The Morgan fingerprint density at radius 2 is 0.681 bits per heavy atom. The molecule has 69 heavy (non-hydrogen) atoms. The van der Waals surface area contributed by atoms with Crippen molar-refractivity contribution in [2.24, 2.45) is 0 Å². The first kappa shape index (κ1) is 67.3. The quantitative estimate of drug-likeness (QED) is 0.0321. The summed E-state index contributed by atoms with van der Waals surface area (Å²) < 4.78 is 5.47. The number of aliphatic hydroxyl groups is 2. The molecule has 2 atom stereocenters. The second kappa shape index (κ2) is 58.9. The molecule has 6 nitrogen and oxygen atoms in total. The van der Waals surface area contributed by atoms with Gasteiger partial charge in [-0.05, 0) is 57.8 Å². The van der Waals surface area contributed by atoms with Gasteiger partial charge in [-0.25, -0.2) is 0 Å². The van der Waals surface area contributed by atoms with E-state index in [4.69, 9.17) is 4.74 Å². The molecule has 3 N–H and O–H groups in total. The number of amides is 1. The molecule has 0 aliphatic carbocycles. The van der Waals surface area contributed by atoms with E-state index in [1.807, 2.05) is 6.08 Å². The van der Waals surface area contributed by atoms with Crippen LogP contribution in [-0.4, -0.2) is 47.4 Å². The molecule has 408 valence electrons. The number of esters is 1. The van der Waals surface area contributed by atoms with Crippen LogP contribution < -0.4 is 5.32 Å². The Balaban J connectivity index is 3.45. The number of carbonyl (C=O) groups excluding carboxylic acids is 2. The van der Waals surface area contributed by atoms with Crippen LogP contribution in [0.3, 0.4) is 0 Å². The van der Waals surface area contributed by atoms with Crippen molar-refractivity contribution in [2.45, 2.75) is 353 Å². The molecule has 0 aliphatic heterocycles. The maximum Gasteiger partial charge on any atom is 0.305 e. The normalized spacial score (nSPS) is 12.7. The summed E-state index contributed by atoms with van der Waals surface area (Å²) in [5.41, 5.74) is 0. The fraction of sp³-hybridized carbons (Fsp3) is 0.905. The number of nitrogens with one attached hydrogen (secondary N) is 1. The van der Waals surface area contributed by atoms with Gasteiger partial charge in [-0.15, -0.1) is 0 Å². The van der Waals surface area contributed by atoms with Crippen LogP contribution in [0.25, 0.3) is 0 Å². The first-order chi connectivity index (χ1) is 34.0. The van der Waals surface area contributed by atoms with Crippen molar-refractivity contribution in [1.29, 1.82) is 0 Å². The maximum atomic E-state index is 12.5. The minimum Gasteiger partial charge on any atom is -0.466 e. The van der Waals surface area contributed by atoms with Gasteiger partial charge in [-0.3, -0.25) is 9.59 Å². The van der Waals surface area contributed by atoms with Crippen molar-refractivity contribution in [3.8, 4) is 0 Å². The topological polar surface area (TPSA) is 95.9 Å². The van der Waals surface area contributed by atoms with Crippen LogP contribution in [0.5, 0.6) is 0 Å². The molecule has 0 fully saturated rings. The first-order valence-electron chi connectivity index (χ1n) is 31.1. The highest BCUT2D eigenvalue weighted by Gasteiger charge is 2.18. The molecule has 1 amide bonds. The molecular weight excluding hydrogens is 851 g/mol. The van der Waals surface area contributed by atoms with Gasteiger partial charge in [-0.1, -0.05) is 295 Å². The van der Waals surface area contributed by atoms with Gasteiger partial charge in [-0.2, -0.15) is 0 Å². The monoisotopic (exact) mass is 972 g/mol. The standard InChI is InChI=1S/C63H121NO5/c1-3-5-7-9-11-13-15-17-19-20-21-22-23-25-28-31-35-39-43-47-51-55-61(66)60(59-65)64-62(67)56-52-48-44-40-36-32-29-26-24-27-30-34-38-42-46-50-54-58-69-63(68)57-53-49-45-41-37-33-18-16-14-12-10-8-6-4-2/h16,18,51,55,60-61,65-66H,3-15,17,19-50,52-54,56-59H2,1-2H3,(H,64,67)/b18-16-,55-51+. The number of rotatable bonds is 58. The maximum absolute atomic E-state index is 12.5. The third-order valence-corrected chi connectivity index (χ3v) is 14.5. The van der Waals surface area contributed by atoms with Gasteiger partial charge in [0.05, 0.1) is 25.4 Å². The summed E-state index contributed by atoms with van der Waals surface area (Å²) >= 11 is 0. The Bertz CT molecular complexity index is 1080. The number of allylic oxidation sites excluding steroid dienone is 3. The molecular formula is C63H121NO5. The summed E-state index contributed by atoms with van der Waals surface area (Å²) in [7, 11) is 0. The molecule has 0 aliphatic rings. The largest absolute Gasteiger partial charge is 0.466 e. The number of hydrogen-bond acceptors (Lipinski definition) is 5. The zero-order chi connectivity index (χ0) is 50.0. The van der Waals surface area contributed by atoms with Crippen LogP contribution in [0, 0.1) is 0 Å². The van der Waals surface area contributed by atoms with E-state index in [0.29, 0.717) is 19.4 Å². The Morgan fingerprint density at radius 1 is 0.391 bits per heavy atom. The summed E-state index contributed by atoms with van der Waals surface area (Å²) in [5.74, 6) is -0.0739. The lowest BCUT2D eigenvalue weighted by Gasteiger charge is -2.20. The average Bonchev–Trinajstić information content (AvgIpc) is 3.35. The molecule has 2 unspecified atom stereocenters. The molecule has 6 heteroatoms. The van der Waals surface area contributed by atoms with Crippen molar-refractivity contribution >= 4 is 11.9 Å². The van der Waals surface area contributed by atoms with E-state index in [2.05, 4.69) is 31.3 Å². The van der Waals surface area contributed by atoms with E-state index in [1.165, 1.54) is 270 Å². The molecule has 0 radical (unpaired) electrons. The summed E-state index contributed by atoms with van der Waals surface area (Å²) in [6, 6.07) is -0.633. The van der Waals surface area contributed by atoms with Crippen molar-refractivity contribution in [2.75, 3.05) is 13.2 Å². The minimum atomic E-state index is -0.849. The molecule has 0 aromatic heterocycles. The predicted octanol–water partition coefficient (Wildman–Crippen LogP) is 19.4. The number of carbonyl (C=O) groups is 2. The first-order valence-corrected chi connectivity index (χ1v) is 31.1. The summed E-state index contributed by atoms with van der Waals surface area (Å²) in [6.45, 7) is 4.90. The van der Waals surface area contributed by atoms with E-state index >= 15 is 0 Å². The second-order valence-corrected chi connectivity index (χ2v) is 21.4. The average molecular weight is 973 g/mol. The lowest BCUT2D eigenvalue weighted by molar-refractivity contribution is -0.143. The minimum absolute atomic E-state index is 0.00351. The van der Waals surface area contributed by atoms with Crippen molar-refractivity contribution in [3.63, 3.8) is 0 Å². The van der Waals surface area contributed by atoms with Crippen molar-refractivity contribution in [1.82, 2.24) is 5.32 Å². The number of ether oxygens (including phenoxy) is 1. The van der Waals surface area contributed by atoms with E-state index < -0.39 is 12.1 Å². The molecule has 0 aromatic carbocycles. The fourth-order valence-electron chi connectivity index (χ4n) is 9.69. The Labute approximate surface area is 431 Å². The van der Waals surface area contributed by atoms with Crippen LogP contribution >= 0.6 is 0 Å². The fourth-order valence-corrected chi connectivity index (χ4v) is 9.69. The van der Waals surface area contributed by atoms with E-state index in [1.54, 1.807) is 6.08 Å². The van der Waals surface area contributed by atoms with Gasteiger partial charge in [0.1, 0.15) is 0 Å². The third kappa shape index (κ3) is 55.5. The highest BCUT2D eigenvalue weighted by atomic mass is 16.5. The number of hydrogen-bond donors (Lipinski definition) is 3. The van der Waals surface area contributed by atoms with Gasteiger partial charge in [0.2, 0.25) is 5.91 Å². The van der Waals surface area contributed by atoms with Gasteiger partial charge >= 0.3 is 5.97 Å². The molecule has 0 rings (SSSR count). The zero-order valence-corrected chi connectivity index (χ0v) is 46.6. The molecule has 0 aromatic rings. The summed E-state index contributed by atoms with van der Waals surface area (Å²) in [6.07, 6.45) is 72.1. The van der Waals surface area contributed by atoms with Crippen LogP contribution in [0.1, 0.15) is 341 Å². The smallest absolute Gasteiger partial charge is 0.305 e. The third-order valence-electron chi connectivity index (χ3n) is 14.5. The van der Waals surface area contributed by atoms with E-state index in [9.17, 15) is 19.8 Å². The zero-order valence-electron chi connectivity index (χ0n) is 46.6. The van der Waals surface area contributed by atoms with Crippen LogP contribution in [0.2, 0.25) is 0 Å². The number of unbranched alkanes of at least 4 members (excludes halogenated alkanes) is 45. The second-order valence-electron chi connectivity index (χ2n) is 21.4. The van der Waals surface area contributed by atoms with Gasteiger partial charge in [0.25, 0.3) is 0 Å². The van der Waals surface area contributed by atoms with Crippen molar-refractivity contribution < 1.29 is 24.5 Å². The van der Waals surface area contributed by atoms with Crippen LogP contribution in [-0.2, 0) is 14.3 Å². The molecule has 0 heterocycles.